The topological polar surface area (TPSA) is 84.9 Å². The van der Waals surface area contributed by atoms with E-state index in [4.69, 9.17) is 10.3 Å². The van der Waals surface area contributed by atoms with E-state index in [-0.39, 0.29) is 11.3 Å². The summed E-state index contributed by atoms with van der Waals surface area (Å²) in [6, 6.07) is 7.42. The highest BCUT2D eigenvalue weighted by Gasteiger charge is 2.19. The molecule has 3 rings (SSSR count). The Balaban J connectivity index is 2.25. The van der Waals surface area contributed by atoms with Crippen LogP contribution in [0.15, 0.2) is 46.0 Å². The number of aryl methyl sites for hydroxylation is 2. The van der Waals surface area contributed by atoms with Gasteiger partial charge < -0.3 is 15.2 Å². The molecule has 3 aromatic rings. The molecule has 0 amide bonds. The molecular formula is C16H15N3O2. The van der Waals surface area contributed by atoms with Crippen LogP contribution < -0.4 is 11.2 Å². The van der Waals surface area contributed by atoms with Crippen LogP contribution in [0.1, 0.15) is 11.1 Å². The molecule has 3 N–H and O–H groups in total. The van der Waals surface area contributed by atoms with E-state index in [1.807, 2.05) is 32.0 Å². The minimum atomic E-state index is -0.132. The van der Waals surface area contributed by atoms with Gasteiger partial charge in [0.1, 0.15) is 5.69 Å². The Morgan fingerprint density at radius 3 is 2.71 bits per heavy atom. The predicted octanol–water partition coefficient (Wildman–Crippen LogP) is 2.90. The molecule has 1 aromatic carbocycles. The van der Waals surface area contributed by atoms with Gasteiger partial charge >= 0.3 is 0 Å². The third kappa shape index (κ3) is 2.23. The van der Waals surface area contributed by atoms with Crippen molar-refractivity contribution in [3.63, 3.8) is 0 Å². The average molecular weight is 281 g/mol. The van der Waals surface area contributed by atoms with Gasteiger partial charge in [-0.1, -0.05) is 23.4 Å². The van der Waals surface area contributed by atoms with Crippen LogP contribution in [0, 0.1) is 13.8 Å². The van der Waals surface area contributed by atoms with Crippen molar-refractivity contribution >= 4 is 5.88 Å². The summed E-state index contributed by atoms with van der Waals surface area (Å²) in [5, 5.41) is 3.96. The quantitative estimate of drug-likeness (QED) is 0.756. The number of anilines is 1. The lowest BCUT2D eigenvalue weighted by atomic mass is 9.98. The summed E-state index contributed by atoms with van der Waals surface area (Å²) >= 11 is 0. The number of H-pyrrole nitrogens is 1. The van der Waals surface area contributed by atoms with Crippen molar-refractivity contribution in [1.29, 1.82) is 0 Å². The smallest absolute Gasteiger partial charge is 0.230 e. The summed E-state index contributed by atoms with van der Waals surface area (Å²) in [5.74, 6) is 0.205. The number of aromatic amines is 1. The lowest BCUT2D eigenvalue weighted by molar-refractivity contribution is 0.439. The van der Waals surface area contributed by atoms with E-state index in [0.29, 0.717) is 16.8 Å². The summed E-state index contributed by atoms with van der Waals surface area (Å²) in [4.78, 5) is 14.9. The molecule has 0 aliphatic carbocycles. The van der Waals surface area contributed by atoms with Gasteiger partial charge in [0.2, 0.25) is 5.88 Å². The molecule has 106 valence electrons. The number of aromatic nitrogens is 2. The summed E-state index contributed by atoms with van der Waals surface area (Å²) in [6.07, 6.45) is 3.18. The van der Waals surface area contributed by atoms with Crippen molar-refractivity contribution in [3.8, 4) is 22.4 Å². The summed E-state index contributed by atoms with van der Waals surface area (Å²) < 4.78 is 5.10. The minimum absolute atomic E-state index is 0.132. The van der Waals surface area contributed by atoms with Crippen LogP contribution in [-0.2, 0) is 0 Å². The fraction of sp³-hybridized carbons (Fsp3) is 0.125. The number of nitrogens with two attached hydrogens (primary N) is 1. The lowest BCUT2D eigenvalue weighted by Gasteiger charge is -2.05. The first-order chi connectivity index (χ1) is 10.1. The molecule has 0 fully saturated rings. The largest absolute Gasteiger partial charge is 0.367 e. The standard InChI is InChI=1S/C16H15N3O2/c1-9-3-4-11(7-10(9)2)14-15(19-21-16(14)17)12-8-18-6-5-13(12)20/h3-8H,17H2,1-2H3,(H,18,20). The fourth-order valence-corrected chi connectivity index (χ4v) is 2.26. The van der Waals surface area contributed by atoms with Crippen LogP contribution in [0.3, 0.4) is 0 Å². The van der Waals surface area contributed by atoms with E-state index in [9.17, 15) is 4.79 Å². The maximum absolute atomic E-state index is 12.0. The van der Waals surface area contributed by atoms with Crippen molar-refractivity contribution in [1.82, 2.24) is 10.1 Å². The van der Waals surface area contributed by atoms with E-state index >= 15 is 0 Å². The maximum Gasteiger partial charge on any atom is 0.230 e. The van der Waals surface area contributed by atoms with Crippen molar-refractivity contribution in [2.75, 3.05) is 5.73 Å². The summed E-state index contributed by atoms with van der Waals surface area (Å²) in [7, 11) is 0. The van der Waals surface area contributed by atoms with Gasteiger partial charge in [0.25, 0.3) is 0 Å². The molecule has 5 nitrogen and oxygen atoms in total. The molecule has 0 spiro atoms. The number of nitrogens with one attached hydrogen (secondary N) is 1. The molecule has 2 aromatic heterocycles. The number of nitrogens with zero attached hydrogens (tertiary/aromatic N) is 1. The third-order valence-corrected chi connectivity index (χ3v) is 3.59. The number of hydrogen-bond acceptors (Lipinski definition) is 4. The zero-order chi connectivity index (χ0) is 15.0. The second-order valence-corrected chi connectivity index (χ2v) is 4.99. The summed E-state index contributed by atoms with van der Waals surface area (Å²) in [5.41, 5.74) is 10.5. The lowest BCUT2D eigenvalue weighted by Crippen LogP contribution is -2.03. The Morgan fingerprint density at radius 1 is 1.19 bits per heavy atom. The Hall–Kier alpha value is -2.82. The Labute approximate surface area is 121 Å². The number of hydrogen-bond donors (Lipinski definition) is 2. The average Bonchev–Trinajstić information content (AvgIpc) is 2.84. The predicted molar refractivity (Wildman–Crippen MR) is 81.9 cm³/mol. The maximum atomic E-state index is 12.0. The van der Waals surface area contributed by atoms with Gasteiger partial charge in [-0.05, 0) is 30.5 Å². The molecule has 0 radical (unpaired) electrons. The molecule has 5 heteroatoms. The molecule has 0 saturated carbocycles. The van der Waals surface area contributed by atoms with Crippen LogP contribution in [0.4, 0.5) is 5.88 Å². The van der Waals surface area contributed by atoms with Gasteiger partial charge in [0, 0.05) is 18.5 Å². The Morgan fingerprint density at radius 2 is 2.00 bits per heavy atom. The van der Waals surface area contributed by atoms with E-state index in [0.717, 1.165) is 11.1 Å². The zero-order valence-electron chi connectivity index (χ0n) is 11.8. The molecule has 0 unspecified atom stereocenters. The molecule has 0 aliphatic rings. The molecule has 0 atom stereocenters. The van der Waals surface area contributed by atoms with Gasteiger partial charge in [-0.15, -0.1) is 0 Å². The van der Waals surface area contributed by atoms with Crippen molar-refractivity contribution in [2.24, 2.45) is 0 Å². The highest BCUT2D eigenvalue weighted by Crippen LogP contribution is 2.35. The van der Waals surface area contributed by atoms with Gasteiger partial charge in [0.05, 0.1) is 11.1 Å². The van der Waals surface area contributed by atoms with Gasteiger partial charge in [0.15, 0.2) is 5.43 Å². The van der Waals surface area contributed by atoms with Gasteiger partial charge in [-0.25, -0.2) is 0 Å². The van der Waals surface area contributed by atoms with Crippen LogP contribution in [0.5, 0.6) is 0 Å². The van der Waals surface area contributed by atoms with Crippen LogP contribution in [-0.4, -0.2) is 10.1 Å². The van der Waals surface area contributed by atoms with Crippen molar-refractivity contribution in [3.05, 3.63) is 58.0 Å². The van der Waals surface area contributed by atoms with Crippen molar-refractivity contribution in [2.45, 2.75) is 13.8 Å². The molecule has 0 saturated heterocycles. The third-order valence-electron chi connectivity index (χ3n) is 3.59. The highest BCUT2D eigenvalue weighted by molar-refractivity contribution is 5.86. The van der Waals surface area contributed by atoms with Gasteiger partial charge in [-0.2, -0.15) is 0 Å². The van der Waals surface area contributed by atoms with E-state index in [1.54, 1.807) is 12.4 Å². The zero-order valence-corrected chi connectivity index (χ0v) is 11.8. The minimum Gasteiger partial charge on any atom is -0.367 e. The normalized spacial score (nSPS) is 10.8. The number of nitrogen functional groups attached to an aromatic ring is 1. The van der Waals surface area contributed by atoms with E-state index in [1.165, 1.54) is 11.6 Å². The van der Waals surface area contributed by atoms with Crippen LogP contribution in [0.25, 0.3) is 22.4 Å². The number of pyridine rings is 1. The second kappa shape index (κ2) is 4.94. The molecule has 0 aliphatic heterocycles. The van der Waals surface area contributed by atoms with Gasteiger partial charge in [-0.3, -0.25) is 4.79 Å². The van der Waals surface area contributed by atoms with Crippen molar-refractivity contribution < 1.29 is 4.52 Å². The number of rotatable bonds is 2. The van der Waals surface area contributed by atoms with Crippen LogP contribution >= 0.6 is 0 Å². The monoisotopic (exact) mass is 281 g/mol. The fourth-order valence-electron chi connectivity index (χ4n) is 2.26. The second-order valence-electron chi connectivity index (χ2n) is 4.99. The highest BCUT2D eigenvalue weighted by atomic mass is 16.5. The summed E-state index contributed by atoms with van der Waals surface area (Å²) in [6.45, 7) is 4.07. The first-order valence-corrected chi connectivity index (χ1v) is 6.58. The molecule has 0 bridgehead atoms. The molecule has 21 heavy (non-hydrogen) atoms. The SMILES string of the molecule is Cc1ccc(-c2c(-c3c[nH]ccc3=O)noc2N)cc1C. The first kappa shape index (κ1) is 13.2. The first-order valence-electron chi connectivity index (χ1n) is 6.58. The molecular weight excluding hydrogens is 266 g/mol. The van der Waals surface area contributed by atoms with E-state index < -0.39 is 0 Å². The van der Waals surface area contributed by atoms with E-state index in [2.05, 4.69) is 10.1 Å². The Kier molecular flexibility index (Phi) is 3.10. The molecule has 2 heterocycles. The number of benzene rings is 1. The Bertz CT molecular complexity index is 862. The van der Waals surface area contributed by atoms with Crippen LogP contribution in [0.2, 0.25) is 0 Å².